The number of hydrogen-bond donors (Lipinski definition) is 2. The van der Waals surface area contributed by atoms with Gasteiger partial charge in [-0.05, 0) is 31.5 Å². The zero-order chi connectivity index (χ0) is 13.5. The number of hydrogen-bond acceptors (Lipinski definition) is 3. The van der Waals surface area contributed by atoms with Crippen LogP contribution in [0.2, 0.25) is 0 Å². The minimum absolute atomic E-state index is 0.0559. The van der Waals surface area contributed by atoms with Crippen molar-refractivity contribution in [1.29, 1.82) is 0 Å². The number of nitrogens with one attached hydrogen (secondary N) is 1. The number of halogens is 1. The Labute approximate surface area is 121 Å². The summed E-state index contributed by atoms with van der Waals surface area (Å²) in [5.41, 5.74) is 6.56. The molecule has 18 heavy (non-hydrogen) atoms. The Morgan fingerprint density at radius 1 is 1.56 bits per heavy atom. The molecule has 1 aromatic carbocycles. The van der Waals surface area contributed by atoms with E-state index in [1.165, 1.54) is 11.8 Å². The van der Waals surface area contributed by atoms with Crippen LogP contribution in [0.25, 0.3) is 0 Å². The van der Waals surface area contributed by atoms with Crippen molar-refractivity contribution in [2.75, 3.05) is 11.5 Å². The molecule has 0 fully saturated rings. The summed E-state index contributed by atoms with van der Waals surface area (Å²) < 4.78 is 0.971. The Morgan fingerprint density at radius 3 is 2.94 bits per heavy atom. The van der Waals surface area contributed by atoms with Gasteiger partial charge in [-0.3, -0.25) is 4.79 Å². The van der Waals surface area contributed by atoms with Crippen LogP contribution in [-0.2, 0) is 4.79 Å². The van der Waals surface area contributed by atoms with E-state index in [2.05, 4.69) is 28.2 Å². The molecule has 1 aromatic rings. The zero-order valence-electron chi connectivity index (χ0n) is 10.7. The Hall–Kier alpha value is -0.680. The van der Waals surface area contributed by atoms with Crippen molar-refractivity contribution < 1.29 is 4.79 Å². The molecule has 3 N–H and O–H groups in total. The van der Waals surface area contributed by atoms with Gasteiger partial charge in [0.1, 0.15) is 0 Å². The summed E-state index contributed by atoms with van der Waals surface area (Å²) in [6.07, 6.45) is 2.09. The largest absolute Gasteiger partial charge is 0.398 e. The van der Waals surface area contributed by atoms with Crippen LogP contribution in [0.15, 0.2) is 27.6 Å². The average Bonchev–Trinajstić information content (AvgIpc) is 2.30. The van der Waals surface area contributed by atoms with Gasteiger partial charge in [0.05, 0.1) is 5.75 Å². The first kappa shape index (κ1) is 15.4. The van der Waals surface area contributed by atoms with E-state index in [0.29, 0.717) is 11.4 Å². The van der Waals surface area contributed by atoms with Crippen LogP contribution >= 0.6 is 27.7 Å². The molecular weight excluding hydrogens is 312 g/mol. The van der Waals surface area contributed by atoms with Gasteiger partial charge in [-0.15, -0.1) is 11.8 Å². The van der Waals surface area contributed by atoms with E-state index in [1.54, 1.807) is 0 Å². The van der Waals surface area contributed by atoms with Gasteiger partial charge in [-0.25, -0.2) is 0 Å². The highest BCUT2D eigenvalue weighted by Gasteiger charge is 2.08. The standard InChI is InChI=1S/C13H19BrN2OS/c1-3-4-9(2)16-13(17)8-18-12-7-10(14)5-6-11(12)15/h5-7,9H,3-4,8,15H2,1-2H3,(H,16,17). The van der Waals surface area contributed by atoms with Crippen LogP contribution in [0.4, 0.5) is 5.69 Å². The predicted molar refractivity (Wildman–Crippen MR) is 81.8 cm³/mol. The molecule has 0 bridgehead atoms. The van der Waals surface area contributed by atoms with Gasteiger partial charge in [0, 0.05) is 21.1 Å². The molecule has 1 rings (SSSR count). The van der Waals surface area contributed by atoms with Crippen LogP contribution < -0.4 is 11.1 Å². The lowest BCUT2D eigenvalue weighted by atomic mass is 10.2. The van der Waals surface area contributed by atoms with Crippen LogP contribution in [0.3, 0.4) is 0 Å². The molecule has 0 heterocycles. The van der Waals surface area contributed by atoms with E-state index >= 15 is 0 Å². The maximum Gasteiger partial charge on any atom is 0.230 e. The highest BCUT2D eigenvalue weighted by atomic mass is 79.9. The third-order valence-electron chi connectivity index (χ3n) is 2.46. The lowest BCUT2D eigenvalue weighted by Crippen LogP contribution is -2.33. The Balaban J connectivity index is 2.45. The van der Waals surface area contributed by atoms with E-state index in [9.17, 15) is 4.79 Å². The van der Waals surface area contributed by atoms with Crippen LogP contribution in [0.5, 0.6) is 0 Å². The Kier molecular flexibility index (Phi) is 6.57. The van der Waals surface area contributed by atoms with E-state index < -0.39 is 0 Å². The zero-order valence-corrected chi connectivity index (χ0v) is 13.1. The average molecular weight is 331 g/mol. The number of rotatable bonds is 6. The van der Waals surface area contributed by atoms with E-state index in [-0.39, 0.29) is 11.9 Å². The molecule has 0 saturated heterocycles. The molecule has 1 atom stereocenters. The van der Waals surface area contributed by atoms with Gasteiger partial charge >= 0.3 is 0 Å². The quantitative estimate of drug-likeness (QED) is 0.620. The van der Waals surface area contributed by atoms with E-state index in [1.807, 2.05) is 25.1 Å². The third-order valence-corrected chi connectivity index (χ3v) is 4.03. The smallest absolute Gasteiger partial charge is 0.230 e. The van der Waals surface area contributed by atoms with Gasteiger partial charge in [-0.2, -0.15) is 0 Å². The second kappa shape index (κ2) is 7.69. The second-order valence-electron chi connectivity index (χ2n) is 4.23. The molecule has 0 radical (unpaired) electrons. The lowest BCUT2D eigenvalue weighted by Gasteiger charge is -2.12. The molecule has 5 heteroatoms. The molecule has 0 aliphatic heterocycles. The Bertz CT molecular complexity index is 412. The highest BCUT2D eigenvalue weighted by Crippen LogP contribution is 2.28. The lowest BCUT2D eigenvalue weighted by molar-refractivity contribution is -0.119. The van der Waals surface area contributed by atoms with Crippen molar-refractivity contribution in [1.82, 2.24) is 5.32 Å². The van der Waals surface area contributed by atoms with E-state index in [4.69, 9.17) is 5.73 Å². The van der Waals surface area contributed by atoms with Gasteiger partial charge in [-0.1, -0.05) is 29.3 Å². The summed E-state index contributed by atoms with van der Waals surface area (Å²) in [5.74, 6) is 0.453. The number of anilines is 1. The summed E-state index contributed by atoms with van der Waals surface area (Å²) in [4.78, 5) is 12.6. The molecular formula is C13H19BrN2OS. The van der Waals surface area contributed by atoms with Crippen molar-refractivity contribution in [3.05, 3.63) is 22.7 Å². The molecule has 100 valence electrons. The topological polar surface area (TPSA) is 55.1 Å². The number of carbonyl (C=O) groups excluding carboxylic acids is 1. The van der Waals surface area contributed by atoms with Crippen molar-refractivity contribution >= 4 is 39.3 Å². The number of nitrogen functional groups attached to an aromatic ring is 1. The normalized spacial score (nSPS) is 12.2. The number of benzene rings is 1. The second-order valence-corrected chi connectivity index (χ2v) is 6.16. The minimum atomic E-state index is 0.0559. The summed E-state index contributed by atoms with van der Waals surface area (Å²) in [6, 6.07) is 5.90. The first-order chi connectivity index (χ1) is 8.52. The van der Waals surface area contributed by atoms with Crippen LogP contribution in [0.1, 0.15) is 26.7 Å². The molecule has 1 amide bonds. The highest BCUT2D eigenvalue weighted by molar-refractivity contribution is 9.10. The monoisotopic (exact) mass is 330 g/mol. The fourth-order valence-corrected chi connectivity index (χ4v) is 2.93. The van der Waals surface area contributed by atoms with Crippen molar-refractivity contribution in [2.45, 2.75) is 37.6 Å². The first-order valence-electron chi connectivity index (χ1n) is 6.00. The number of carbonyl (C=O) groups is 1. The van der Waals surface area contributed by atoms with Gasteiger partial charge in [0.25, 0.3) is 0 Å². The number of thioether (sulfide) groups is 1. The van der Waals surface area contributed by atoms with Gasteiger partial charge in [0.15, 0.2) is 0 Å². The summed E-state index contributed by atoms with van der Waals surface area (Å²) in [7, 11) is 0. The van der Waals surface area contributed by atoms with Crippen LogP contribution in [-0.4, -0.2) is 17.7 Å². The number of nitrogens with two attached hydrogens (primary N) is 1. The van der Waals surface area contributed by atoms with Crippen LogP contribution in [0, 0.1) is 0 Å². The predicted octanol–water partition coefficient (Wildman–Crippen LogP) is 3.43. The van der Waals surface area contributed by atoms with Crippen molar-refractivity contribution in [3.63, 3.8) is 0 Å². The Morgan fingerprint density at radius 2 is 2.28 bits per heavy atom. The molecule has 3 nitrogen and oxygen atoms in total. The minimum Gasteiger partial charge on any atom is -0.398 e. The fourth-order valence-electron chi connectivity index (χ4n) is 1.60. The SMILES string of the molecule is CCCC(C)NC(=O)CSc1cc(Br)ccc1N. The molecule has 0 aliphatic rings. The molecule has 0 spiro atoms. The third kappa shape index (κ3) is 5.31. The van der Waals surface area contributed by atoms with Gasteiger partial charge in [0.2, 0.25) is 5.91 Å². The maximum atomic E-state index is 11.7. The van der Waals surface area contributed by atoms with Crippen molar-refractivity contribution in [3.8, 4) is 0 Å². The summed E-state index contributed by atoms with van der Waals surface area (Å²) in [5, 5.41) is 2.97. The van der Waals surface area contributed by atoms with Gasteiger partial charge < -0.3 is 11.1 Å². The molecule has 1 unspecified atom stereocenters. The maximum absolute atomic E-state index is 11.7. The number of amides is 1. The summed E-state index contributed by atoms with van der Waals surface area (Å²) >= 11 is 4.86. The van der Waals surface area contributed by atoms with Crippen molar-refractivity contribution in [2.24, 2.45) is 0 Å². The fraction of sp³-hybridized carbons (Fsp3) is 0.462. The van der Waals surface area contributed by atoms with E-state index in [0.717, 1.165) is 22.2 Å². The molecule has 0 saturated carbocycles. The molecule has 0 aliphatic carbocycles. The first-order valence-corrected chi connectivity index (χ1v) is 7.78. The summed E-state index contributed by atoms with van der Waals surface area (Å²) in [6.45, 7) is 4.14. The molecule has 0 aromatic heterocycles.